The van der Waals surface area contributed by atoms with Gasteiger partial charge in [-0.1, -0.05) is 18.2 Å². The van der Waals surface area contributed by atoms with Crippen LogP contribution in [0.25, 0.3) is 0 Å². The maximum Gasteiger partial charge on any atom is 0.142 e. The van der Waals surface area contributed by atoms with Crippen LogP contribution in [0.5, 0.6) is 0 Å². The number of benzene rings is 2. The quantitative estimate of drug-likeness (QED) is 0.818. The van der Waals surface area contributed by atoms with Gasteiger partial charge in [0.2, 0.25) is 0 Å². The molecule has 2 rings (SSSR count). The molecular formula is C13H9Br2F2N. The van der Waals surface area contributed by atoms with Crippen LogP contribution in [-0.4, -0.2) is 0 Å². The highest BCUT2D eigenvalue weighted by atomic mass is 79.9. The Morgan fingerprint density at radius 3 is 2.39 bits per heavy atom. The van der Waals surface area contributed by atoms with E-state index in [1.54, 1.807) is 30.3 Å². The Bertz CT molecular complexity index is 587. The van der Waals surface area contributed by atoms with E-state index in [1.807, 2.05) is 0 Å². The molecule has 0 heterocycles. The molecule has 0 aliphatic rings. The summed E-state index contributed by atoms with van der Waals surface area (Å²) in [4.78, 5) is 0. The minimum absolute atomic E-state index is 0.311. The molecule has 0 aliphatic carbocycles. The highest BCUT2D eigenvalue weighted by molar-refractivity contribution is 9.10. The summed E-state index contributed by atoms with van der Waals surface area (Å²) in [6, 6.07) is 8.69. The first-order valence-corrected chi connectivity index (χ1v) is 6.73. The van der Waals surface area contributed by atoms with Gasteiger partial charge >= 0.3 is 0 Å². The SMILES string of the molecule is NC(c1ccc(F)c(Br)c1)c1cccc(Br)c1F. The van der Waals surface area contributed by atoms with Crippen LogP contribution in [0, 0.1) is 11.6 Å². The monoisotopic (exact) mass is 375 g/mol. The van der Waals surface area contributed by atoms with Crippen molar-refractivity contribution < 1.29 is 8.78 Å². The van der Waals surface area contributed by atoms with Crippen molar-refractivity contribution in [1.82, 2.24) is 0 Å². The number of halogens is 4. The molecular weight excluding hydrogens is 368 g/mol. The molecule has 0 saturated heterocycles. The fourth-order valence-electron chi connectivity index (χ4n) is 1.65. The van der Waals surface area contributed by atoms with E-state index in [-0.39, 0.29) is 5.82 Å². The van der Waals surface area contributed by atoms with E-state index in [2.05, 4.69) is 31.9 Å². The Labute approximate surface area is 120 Å². The number of rotatable bonds is 2. The summed E-state index contributed by atoms with van der Waals surface area (Å²) in [5.74, 6) is -0.772. The summed E-state index contributed by atoms with van der Waals surface area (Å²) in [5.41, 5.74) is 7.00. The third-order valence-electron chi connectivity index (χ3n) is 2.62. The van der Waals surface area contributed by atoms with Gasteiger partial charge in [-0.15, -0.1) is 0 Å². The highest BCUT2D eigenvalue weighted by Crippen LogP contribution is 2.28. The normalized spacial score (nSPS) is 12.5. The lowest BCUT2D eigenvalue weighted by atomic mass is 9.99. The van der Waals surface area contributed by atoms with Gasteiger partial charge in [0.15, 0.2) is 0 Å². The van der Waals surface area contributed by atoms with Crippen molar-refractivity contribution in [2.24, 2.45) is 5.73 Å². The van der Waals surface area contributed by atoms with E-state index in [0.29, 0.717) is 20.1 Å². The highest BCUT2D eigenvalue weighted by Gasteiger charge is 2.16. The first-order chi connectivity index (χ1) is 8.50. The van der Waals surface area contributed by atoms with Crippen molar-refractivity contribution in [3.05, 3.63) is 68.1 Å². The van der Waals surface area contributed by atoms with Crippen LogP contribution in [-0.2, 0) is 0 Å². The lowest BCUT2D eigenvalue weighted by molar-refractivity contribution is 0.592. The van der Waals surface area contributed by atoms with E-state index in [1.165, 1.54) is 6.07 Å². The molecule has 0 radical (unpaired) electrons. The fourth-order valence-corrected chi connectivity index (χ4v) is 2.42. The first kappa shape index (κ1) is 13.6. The molecule has 0 amide bonds. The molecule has 2 aromatic carbocycles. The molecule has 2 N–H and O–H groups in total. The second-order valence-corrected chi connectivity index (χ2v) is 5.50. The van der Waals surface area contributed by atoms with Gasteiger partial charge < -0.3 is 5.73 Å². The third-order valence-corrected chi connectivity index (χ3v) is 3.84. The van der Waals surface area contributed by atoms with Crippen LogP contribution in [0.4, 0.5) is 8.78 Å². The average molecular weight is 377 g/mol. The Kier molecular flexibility index (Phi) is 4.14. The molecule has 94 valence electrons. The topological polar surface area (TPSA) is 26.0 Å². The molecule has 1 unspecified atom stereocenters. The number of hydrogen-bond donors (Lipinski definition) is 1. The summed E-state index contributed by atoms with van der Waals surface area (Å²) in [6.45, 7) is 0. The largest absolute Gasteiger partial charge is 0.320 e. The lowest BCUT2D eigenvalue weighted by Crippen LogP contribution is -2.14. The van der Waals surface area contributed by atoms with Gasteiger partial charge in [-0.2, -0.15) is 0 Å². The molecule has 18 heavy (non-hydrogen) atoms. The van der Waals surface area contributed by atoms with E-state index < -0.39 is 11.9 Å². The predicted octanol–water partition coefficient (Wildman–Crippen LogP) is 4.54. The smallest absolute Gasteiger partial charge is 0.142 e. The zero-order valence-corrected chi connectivity index (χ0v) is 12.3. The van der Waals surface area contributed by atoms with Crippen molar-refractivity contribution in [2.45, 2.75) is 6.04 Å². The summed E-state index contributed by atoms with van der Waals surface area (Å²) in [7, 11) is 0. The van der Waals surface area contributed by atoms with Crippen molar-refractivity contribution in [2.75, 3.05) is 0 Å². The summed E-state index contributed by atoms with van der Waals surface area (Å²) in [5, 5.41) is 0. The van der Waals surface area contributed by atoms with Crippen LogP contribution in [0.15, 0.2) is 45.3 Å². The van der Waals surface area contributed by atoms with E-state index in [0.717, 1.165) is 0 Å². The van der Waals surface area contributed by atoms with E-state index in [9.17, 15) is 8.78 Å². The fraction of sp³-hybridized carbons (Fsp3) is 0.0769. The van der Waals surface area contributed by atoms with Crippen LogP contribution < -0.4 is 5.73 Å². The van der Waals surface area contributed by atoms with Gasteiger partial charge in [0.25, 0.3) is 0 Å². The number of nitrogens with two attached hydrogens (primary N) is 1. The van der Waals surface area contributed by atoms with Crippen molar-refractivity contribution in [1.29, 1.82) is 0 Å². The molecule has 0 aliphatic heterocycles. The Balaban J connectivity index is 2.44. The first-order valence-electron chi connectivity index (χ1n) is 5.15. The summed E-state index contributed by atoms with van der Waals surface area (Å²) >= 11 is 6.20. The van der Waals surface area contributed by atoms with Crippen molar-refractivity contribution in [3.8, 4) is 0 Å². The van der Waals surface area contributed by atoms with E-state index >= 15 is 0 Å². The second kappa shape index (κ2) is 5.47. The van der Waals surface area contributed by atoms with Crippen LogP contribution in [0.1, 0.15) is 17.2 Å². The Hall–Kier alpha value is -0.780. The number of hydrogen-bond acceptors (Lipinski definition) is 1. The third kappa shape index (κ3) is 2.63. The van der Waals surface area contributed by atoms with E-state index in [4.69, 9.17) is 5.73 Å². The van der Waals surface area contributed by atoms with Crippen LogP contribution in [0.2, 0.25) is 0 Å². The molecule has 1 atom stereocenters. The minimum atomic E-state index is -0.639. The lowest BCUT2D eigenvalue weighted by Gasteiger charge is -2.14. The molecule has 0 aromatic heterocycles. The summed E-state index contributed by atoms with van der Waals surface area (Å²) < 4.78 is 27.7. The molecule has 1 nitrogen and oxygen atoms in total. The van der Waals surface area contributed by atoms with Crippen molar-refractivity contribution >= 4 is 31.9 Å². The molecule has 0 spiro atoms. The van der Waals surface area contributed by atoms with Crippen LogP contribution >= 0.6 is 31.9 Å². The Morgan fingerprint density at radius 2 is 1.72 bits per heavy atom. The standard InChI is InChI=1S/C13H9Br2F2N/c14-9-3-1-2-8(12(9)17)13(18)7-4-5-11(16)10(15)6-7/h1-6,13H,18H2. The maximum atomic E-state index is 13.9. The minimum Gasteiger partial charge on any atom is -0.320 e. The van der Waals surface area contributed by atoms with Gasteiger partial charge in [-0.3, -0.25) is 0 Å². The van der Waals surface area contributed by atoms with Gasteiger partial charge in [-0.25, -0.2) is 8.78 Å². The Morgan fingerprint density at radius 1 is 1.00 bits per heavy atom. The molecule has 5 heteroatoms. The molecule has 0 fully saturated rings. The van der Waals surface area contributed by atoms with Gasteiger partial charge in [0.1, 0.15) is 11.6 Å². The van der Waals surface area contributed by atoms with Gasteiger partial charge in [0, 0.05) is 5.56 Å². The van der Waals surface area contributed by atoms with Crippen LogP contribution in [0.3, 0.4) is 0 Å². The zero-order chi connectivity index (χ0) is 13.3. The molecule has 0 bridgehead atoms. The zero-order valence-electron chi connectivity index (χ0n) is 9.13. The van der Waals surface area contributed by atoms with Gasteiger partial charge in [0.05, 0.1) is 15.0 Å². The second-order valence-electron chi connectivity index (χ2n) is 3.79. The maximum absolute atomic E-state index is 13.9. The predicted molar refractivity (Wildman–Crippen MR) is 74.2 cm³/mol. The molecule has 0 saturated carbocycles. The average Bonchev–Trinajstić information content (AvgIpc) is 2.35. The molecule has 2 aromatic rings. The van der Waals surface area contributed by atoms with Crippen molar-refractivity contribution in [3.63, 3.8) is 0 Å². The summed E-state index contributed by atoms with van der Waals surface area (Å²) in [6.07, 6.45) is 0. The van der Waals surface area contributed by atoms with Gasteiger partial charge in [-0.05, 0) is 55.6 Å².